The second-order valence-corrected chi connectivity index (χ2v) is 7.85. The summed E-state index contributed by atoms with van der Waals surface area (Å²) < 4.78 is 11.2. The van der Waals surface area contributed by atoms with Crippen LogP contribution in [0, 0.1) is 0 Å². The van der Waals surface area contributed by atoms with Crippen molar-refractivity contribution in [2.75, 3.05) is 53.0 Å². The molecule has 0 aromatic rings. The maximum absolute atomic E-state index is 6.06. The van der Waals surface area contributed by atoms with Crippen LogP contribution in [0.1, 0.15) is 64.7 Å². The molecule has 2 aliphatic rings. The van der Waals surface area contributed by atoms with Crippen molar-refractivity contribution in [1.82, 2.24) is 15.5 Å². The summed E-state index contributed by atoms with van der Waals surface area (Å²) in [6.07, 6.45) is 11.8. The minimum atomic E-state index is 0. The van der Waals surface area contributed by atoms with Crippen LogP contribution in [0.5, 0.6) is 0 Å². The SMILES string of the molecule is CCNC(=NCCOC1CCCCCC1)NC1CCN(CCCOC)CC1.I. The largest absolute Gasteiger partial charge is 0.385 e. The first kappa shape index (κ1) is 25.9. The smallest absolute Gasteiger partial charge is 0.191 e. The van der Waals surface area contributed by atoms with Crippen molar-refractivity contribution in [3.63, 3.8) is 0 Å². The van der Waals surface area contributed by atoms with Gasteiger partial charge in [-0.3, -0.25) is 4.99 Å². The molecule has 1 aliphatic heterocycles. The number of piperidine rings is 1. The third kappa shape index (κ3) is 11.2. The van der Waals surface area contributed by atoms with Crippen molar-refractivity contribution in [3.05, 3.63) is 0 Å². The molecule has 6 nitrogen and oxygen atoms in total. The number of guanidine groups is 1. The summed E-state index contributed by atoms with van der Waals surface area (Å²) in [6, 6.07) is 0.518. The van der Waals surface area contributed by atoms with Crippen LogP contribution in [-0.4, -0.2) is 76.1 Å². The Labute approximate surface area is 189 Å². The van der Waals surface area contributed by atoms with E-state index in [-0.39, 0.29) is 24.0 Å². The van der Waals surface area contributed by atoms with Gasteiger partial charge in [0.2, 0.25) is 0 Å². The Kier molecular flexibility index (Phi) is 15.4. The van der Waals surface area contributed by atoms with Crippen molar-refractivity contribution in [2.45, 2.75) is 76.9 Å². The molecular weight excluding hydrogens is 467 g/mol. The van der Waals surface area contributed by atoms with E-state index in [4.69, 9.17) is 14.5 Å². The van der Waals surface area contributed by atoms with E-state index in [0.29, 0.717) is 12.1 Å². The molecule has 0 radical (unpaired) electrons. The molecule has 0 aromatic heterocycles. The fourth-order valence-electron chi connectivity index (χ4n) is 4.03. The second kappa shape index (κ2) is 16.7. The maximum atomic E-state index is 6.06. The van der Waals surface area contributed by atoms with E-state index in [1.807, 2.05) is 0 Å². The molecule has 0 unspecified atom stereocenters. The molecule has 0 spiro atoms. The molecule has 2 fully saturated rings. The van der Waals surface area contributed by atoms with Crippen LogP contribution in [0.15, 0.2) is 4.99 Å². The lowest BCUT2D eigenvalue weighted by molar-refractivity contribution is 0.0487. The average Bonchev–Trinajstić information content (AvgIpc) is 2.96. The standard InChI is InChI=1S/C21H42N4O2.HI/c1-3-22-21(23-13-18-27-20-9-6-4-5-7-10-20)24-19-11-15-25(16-12-19)14-8-17-26-2;/h19-20H,3-18H2,1-2H3,(H2,22,23,24);1H. The normalized spacial score (nSPS) is 20.4. The number of methoxy groups -OCH3 is 1. The minimum Gasteiger partial charge on any atom is -0.385 e. The molecule has 1 saturated carbocycles. The van der Waals surface area contributed by atoms with Gasteiger partial charge in [0.25, 0.3) is 0 Å². The number of hydrogen-bond donors (Lipinski definition) is 2. The number of rotatable bonds is 10. The number of likely N-dealkylation sites (tertiary alicyclic amines) is 1. The van der Waals surface area contributed by atoms with E-state index in [0.717, 1.165) is 58.3 Å². The van der Waals surface area contributed by atoms with Crippen LogP contribution in [0.2, 0.25) is 0 Å². The monoisotopic (exact) mass is 510 g/mol. The highest BCUT2D eigenvalue weighted by molar-refractivity contribution is 14.0. The van der Waals surface area contributed by atoms with Crippen molar-refractivity contribution in [2.24, 2.45) is 4.99 Å². The molecular formula is C21H43IN4O2. The number of halogens is 1. The van der Waals surface area contributed by atoms with E-state index >= 15 is 0 Å². The Bertz CT molecular complexity index is 396. The molecule has 0 atom stereocenters. The van der Waals surface area contributed by atoms with Gasteiger partial charge in [-0.1, -0.05) is 25.7 Å². The lowest BCUT2D eigenvalue weighted by atomic mass is 10.1. The van der Waals surface area contributed by atoms with Gasteiger partial charge in [-0.05, 0) is 39.0 Å². The van der Waals surface area contributed by atoms with Crippen LogP contribution in [0.25, 0.3) is 0 Å². The zero-order chi connectivity index (χ0) is 19.2. The van der Waals surface area contributed by atoms with Gasteiger partial charge < -0.3 is 25.0 Å². The first-order chi connectivity index (χ1) is 13.3. The quantitative estimate of drug-likeness (QED) is 0.155. The van der Waals surface area contributed by atoms with E-state index in [1.54, 1.807) is 7.11 Å². The van der Waals surface area contributed by atoms with Crippen molar-refractivity contribution in [3.8, 4) is 0 Å². The summed E-state index contributed by atoms with van der Waals surface area (Å²) in [7, 11) is 1.78. The van der Waals surface area contributed by atoms with E-state index in [2.05, 4.69) is 22.5 Å². The van der Waals surface area contributed by atoms with Crippen LogP contribution in [0.4, 0.5) is 0 Å². The summed E-state index contributed by atoms with van der Waals surface area (Å²) in [6.45, 7) is 8.81. The van der Waals surface area contributed by atoms with Crippen LogP contribution in [0.3, 0.4) is 0 Å². The number of nitrogens with zero attached hydrogens (tertiary/aromatic N) is 2. The molecule has 7 heteroatoms. The van der Waals surface area contributed by atoms with Gasteiger partial charge in [0.1, 0.15) is 0 Å². The molecule has 0 aromatic carbocycles. The lowest BCUT2D eigenvalue weighted by Gasteiger charge is -2.33. The first-order valence-electron chi connectivity index (χ1n) is 11.2. The highest BCUT2D eigenvalue weighted by atomic mass is 127. The molecule has 2 N–H and O–H groups in total. The Morgan fingerprint density at radius 1 is 1.04 bits per heavy atom. The second-order valence-electron chi connectivity index (χ2n) is 7.85. The van der Waals surface area contributed by atoms with Gasteiger partial charge in [0.05, 0.1) is 19.3 Å². The minimum absolute atomic E-state index is 0. The maximum Gasteiger partial charge on any atom is 0.191 e. The van der Waals surface area contributed by atoms with Gasteiger partial charge in [0.15, 0.2) is 5.96 Å². The summed E-state index contributed by atoms with van der Waals surface area (Å²) in [5.74, 6) is 0.944. The van der Waals surface area contributed by atoms with Gasteiger partial charge in [0, 0.05) is 45.9 Å². The van der Waals surface area contributed by atoms with E-state index in [9.17, 15) is 0 Å². The molecule has 166 valence electrons. The molecule has 28 heavy (non-hydrogen) atoms. The topological polar surface area (TPSA) is 58.1 Å². The van der Waals surface area contributed by atoms with Crippen LogP contribution >= 0.6 is 24.0 Å². The highest BCUT2D eigenvalue weighted by Crippen LogP contribution is 2.19. The number of ether oxygens (including phenoxy) is 2. The highest BCUT2D eigenvalue weighted by Gasteiger charge is 2.19. The predicted molar refractivity (Wildman–Crippen MR) is 128 cm³/mol. The third-order valence-corrected chi connectivity index (χ3v) is 5.61. The van der Waals surface area contributed by atoms with E-state index < -0.39 is 0 Å². The fraction of sp³-hybridized carbons (Fsp3) is 0.952. The van der Waals surface area contributed by atoms with Crippen molar-refractivity contribution in [1.29, 1.82) is 0 Å². The Hall–Kier alpha value is -0.120. The number of aliphatic imine (C=N–C) groups is 1. The number of hydrogen-bond acceptors (Lipinski definition) is 4. The Morgan fingerprint density at radius 3 is 2.39 bits per heavy atom. The Balaban J connectivity index is 0.00000392. The molecule has 1 heterocycles. The first-order valence-corrected chi connectivity index (χ1v) is 11.2. The van der Waals surface area contributed by atoms with Gasteiger partial charge >= 0.3 is 0 Å². The van der Waals surface area contributed by atoms with Crippen LogP contribution < -0.4 is 10.6 Å². The summed E-state index contributed by atoms with van der Waals surface area (Å²) in [5.41, 5.74) is 0. The Morgan fingerprint density at radius 2 is 1.75 bits per heavy atom. The van der Waals surface area contributed by atoms with Gasteiger partial charge in [-0.15, -0.1) is 24.0 Å². The summed E-state index contributed by atoms with van der Waals surface area (Å²) >= 11 is 0. The molecule has 1 saturated heterocycles. The number of nitrogens with one attached hydrogen (secondary N) is 2. The van der Waals surface area contributed by atoms with Gasteiger partial charge in [-0.25, -0.2) is 0 Å². The fourth-order valence-corrected chi connectivity index (χ4v) is 4.03. The van der Waals surface area contributed by atoms with Crippen LogP contribution in [-0.2, 0) is 9.47 Å². The predicted octanol–water partition coefficient (Wildman–Crippen LogP) is 3.40. The van der Waals surface area contributed by atoms with Crippen molar-refractivity contribution < 1.29 is 9.47 Å². The molecule has 1 aliphatic carbocycles. The zero-order valence-corrected chi connectivity index (χ0v) is 20.4. The van der Waals surface area contributed by atoms with E-state index in [1.165, 1.54) is 51.4 Å². The average molecular weight is 511 g/mol. The van der Waals surface area contributed by atoms with Gasteiger partial charge in [-0.2, -0.15) is 0 Å². The summed E-state index contributed by atoms with van der Waals surface area (Å²) in [4.78, 5) is 7.28. The zero-order valence-electron chi connectivity index (χ0n) is 18.1. The third-order valence-electron chi connectivity index (χ3n) is 5.61. The summed E-state index contributed by atoms with van der Waals surface area (Å²) in [5, 5.41) is 7.01. The van der Waals surface area contributed by atoms with Crippen molar-refractivity contribution >= 4 is 29.9 Å². The molecule has 0 bridgehead atoms. The lowest BCUT2D eigenvalue weighted by Crippen LogP contribution is -2.49. The molecule has 2 rings (SSSR count). The molecule has 0 amide bonds.